The molecule has 1 aliphatic rings. The van der Waals surface area contributed by atoms with Crippen molar-refractivity contribution in [1.29, 1.82) is 0 Å². The molecule has 1 heterocycles. The van der Waals surface area contributed by atoms with Crippen molar-refractivity contribution in [2.45, 2.75) is 18.5 Å². The summed E-state index contributed by atoms with van der Waals surface area (Å²) in [5.74, 6) is 0.712. The van der Waals surface area contributed by atoms with Gasteiger partial charge in [-0.15, -0.1) is 0 Å². The van der Waals surface area contributed by atoms with Crippen LogP contribution in [0.4, 0.5) is 4.39 Å². The molecule has 1 aliphatic heterocycles. The summed E-state index contributed by atoms with van der Waals surface area (Å²) >= 11 is 0. The van der Waals surface area contributed by atoms with Gasteiger partial charge in [0.2, 0.25) is 0 Å². The molecule has 15 heavy (non-hydrogen) atoms. The van der Waals surface area contributed by atoms with Gasteiger partial charge in [-0.1, -0.05) is 18.2 Å². The minimum atomic E-state index is -0.762. The summed E-state index contributed by atoms with van der Waals surface area (Å²) in [5, 5.41) is 3.22. The van der Waals surface area contributed by atoms with Gasteiger partial charge in [0.25, 0.3) is 0 Å². The molecule has 2 unspecified atom stereocenters. The molecule has 3 heteroatoms. The molecular formula is C12H16FNO. The SMILES string of the molecule is COc1ccccc1C1CNCCC1F. The zero-order valence-electron chi connectivity index (χ0n) is 8.87. The third-order valence-corrected chi connectivity index (χ3v) is 2.94. The van der Waals surface area contributed by atoms with Crippen molar-refractivity contribution in [2.24, 2.45) is 0 Å². The number of halogens is 1. The van der Waals surface area contributed by atoms with Crippen LogP contribution in [0.3, 0.4) is 0 Å². The first-order chi connectivity index (χ1) is 7.33. The summed E-state index contributed by atoms with van der Waals surface area (Å²) < 4.78 is 19.0. The first-order valence-corrected chi connectivity index (χ1v) is 5.30. The van der Waals surface area contributed by atoms with E-state index in [1.807, 2.05) is 24.3 Å². The van der Waals surface area contributed by atoms with Crippen LogP contribution >= 0.6 is 0 Å². The molecule has 0 aromatic heterocycles. The van der Waals surface area contributed by atoms with Gasteiger partial charge >= 0.3 is 0 Å². The summed E-state index contributed by atoms with van der Waals surface area (Å²) in [7, 11) is 1.63. The van der Waals surface area contributed by atoms with Crippen LogP contribution in [0.5, 0.6) is 5.75 Å². The van der Waals surface area contributed by atoms with Crippen LogP contribution in [0, 0.1) is 0 Å². The first kappa shape index (κ1) is 10.4. The number of benzene rings is 1. The molecule has 0 bridgehead atoms. The first-order valence-electron chi connectivity index (χ1n) is 5.30. The monoisotopic (exact) mass is 209 g/mol. The fraction of sp³-hybridized carbons (Fsp3) is 0.500. The number of rotatable bonds is 2. The molecule has 2 nitrogen and oxygen atoms in total. The molecule has 1 aromatic carbocycles. The fourth-order valence-electron chi connectivity index (χ4n) is 2.10. The van der Waals surface area contributed by atoms with Crippen molar-refractivity contribution in [2.75, 3.05) is 20.2 Å². The van der Waals surface area contributed by atoms with E-state index in [9.17, 15) is 4.39 Å². The van der Waals surface area contributed by atoms with E-state index in [-0.39, 0.29) is 5.92 Å². The van der Waals surface area contributed by atoms with E-state index in [4.69, 9.17) is 4.74 Å². The fourth-order valence-corrected chi connectivity index (χ4v) is 2.10. The lowest BCUT2D eigenvalue weighted by molar-refractivity contribution is 0.224. The van der Waals surface area contributed by atoms with Gasteiger partial charge in [0, 0.05) is 18.0 Å². The van der Waals surface area contributed by atoms with Crippen molar-refractivity contribution in [3.63, 3.8) is 0 Å². The molecule has 1 saturated heterocycles. The van der Waals surface area contributed by atoms with Crippen molar-refractivity contribution in [3.8, 4) is 5.75 Å². The highest BCUT2D eigenvalue weighted by molar-refractivity contribution is 5.37. The highest BCUT2D eigenvalue weighted by Crippen LogP contribution is 2.32. The molecule has 1 fully saturated rings. The molecule has 0 saturated carbocycles. The molecule has 2 atom stereocenters. The Morgan fingerprint density at radius 3 is 2.93 bits per heavy atom. The number of piperidine rings is 1. The average molecular weight is 209 g/mol. The number of hydrogen-bond donors (Lipinski definition) is 1. The van der Waals surface area contributed by atoms with Gasteiger partial charge in [-0.25, -0.2) is 4.39 Å². The van der Waals surface area contributed by atoms with E-state index in [2.05, 4.69) is 5.32 Å². The molecule has 1 aromatic rings. The van der Waals surface area contributed by atoms with Crippen molar-refractivity contribution >= 4 is 0 Å². The Hall–Kier alpha value is -1.09. The van der Waals surface area contributed by atoms with E-state index in [1.54, 1.807) is 7.11 Å². The van der Waals surface area contributed by atoms with Crippen LogP contribution in [0.25, 0.3) is 0 Å². The van der Waals surface area contributed by atoms with Crippen LogP contribution < -0.4 is 10.1 Å². The van der Waals surface area contributed by atoms with Crippen molar-refractivity contribution in [3.05, 3.63) is 29.8 Å². The maximum Gasteiger partial charge on any atom is 0.122 e. The van der Waals surface area contributed by atoms with Gasteiger partial charge < -0.3 is 10.1 Å². The maximum atomic E-state index is 13.8. The highest BCUT2D eigenvalue weighted by Gasteiger charge is 2.27. The molecule has 82 valence electrons. The highest BCUT2D eigenvalue weighted by atomic mass is 19.1. The van der Waals surface area contributed by atoms with Gasteiger partial charge in [0.1, 0.15) is 11.9 Å². The summed E-state index contributed by atoms with van der Waals surface area (Å²) in [6, 6.07) is 7.67. The van der Waals surface area contributed by atoms with E-state index in [0.29, 0.717) is 13.0 Å². The summed E-state index contributed by atoms with van der Waals surface area (Å²) in [4.78, 5) is 0. The number of alkyl halides is 1. The summed E-state index contributed by atoms with van der Waals surface area (Å²) in [6.07, 6.45) is -0.176. The van der Waals surface area contributed by atoms with Crippen LogP contribution in [0.2, 0.25) is 0 Å². The molecule has 2 rings (SSSR count). The molecule has 0 amide bonds. The Morgan fingerprint density at radius 1 is 1.40 bits per heavy atom. The quantitative estimate of drug-likeness (QED) is 0.805. The normalized spacial score (nSPS) is 26.3. The number of para-hydroxylation sites is 1. The lowest BCUT2D eigenvalue weighted by Crippen LogP contribution is -2.36. The van der Waals surface area contributed by atoms with Gasteiger partial charge in [-0.3, -0.25) is 0 Å². The minimum absolute atomic E-state index is 0.0742. The lowest BCUT2D eigenvalue weighted by atomic mass is 9.89. The number of ether oxygens (including phenoxy) is 1. The van der Waals surface area contributed by atoms with Crippen molar-refractivity contribution < 1.29 is 9.13 Å². The third-order valence-electron chi connectivity index (χ3n) is 2.94. The lowest BCUT2D eigenvalue weighted by Gasteiger charge is -2.28. The number of nitrogens with one attached hydrogen (secondary N) is 1. The average Bonchev–Trinajstić information content (AvgIpc) is 2.30. The van der Waals surface area contributed by atoms with E-state index in [0.717, 1.165) is 17.9 Å². The van der Waals surface area contributed by atoms with Crippen LogP contribution in [0.1, 0.15) is 17.9 Å². The zero-order valence-corrected chi connectivity index (χ0v) is 8.87. The molecule has 1 N–H and O–H groups in total. The van der Waals surface area contributed by atoms with Gasteiger partial charge in [0.05, 0.1) is 7.11 Å². The Kier molecular flexibility index (Phi) is 3.21. The summed E-state index contributed by atoms with van der Waals surface area (Å²) in [5.41, 5.74) is 0.972. The second-order valence-electron chi connectivity index (χ2n) is 3.86. The number of hydrogen-bond acceptors (Lipinski definition) is 2. The topological polar surface area (TPSA) is 21.3 Å². The van der Waals surface area contributed by atoms with Crippen LogP contribution in [0.15, 0.2) is 24.3 Å². The molecule has 0 aliphatic carbocycles. The predicted molar refractivity (Wildman–Crippen MR) is 58.1 cm³/mol. The van der Waals surface area contributed by atoms with E-state index < -0.39 is 6.17 Å². The van der Waals surface area contributed by atoms with E-state index in [1.165, 1.54) is 0 Å². The molecule has 0 spiro atoms. The predicted octanol–water partition coefficient (Wildman–Crippen LogP) is 2.11. The van der Waals surface area contributed by atoms with Gasteiger partial charge in [0.15, 0.2) is 0 Å². The largest absolute Gasteiger partial charge is 0.496 e. The van der Waals surface area contributed by atoms with Gasteiger partial charge in [-0.05, 0) is 19.0 Å². The second kappa shape index (κ2) is 4.62. The standard InChI is InChI=1S/C12H16FNO/c1-15-12-5-3-2-4-9(12)10-8-14-7-6-11(10)13/h2-5,10-11,14H,6-8H2,1H3. The minimum Gasteiger partial charge on any atom is -0.496 e. The van der Waals surface area contributed by atoms with Crippen LogP contribution in [-0.2, 0) is 0 Å². The van der Waals surface area contributed by atoms with Gasteiger partial charge in [-0.2, -0.15) is 0 Å². The maximum absolute atomic E-state index is 13.8. The molecule has 0 radical (unpaired) electrons. The third kappa shape index (κ3) is 2.12. The Morgan fingerprint density at radius 2 is 2.20 bits per heavy atom. The Balaban J connectivity index is 2.26. The summed E-state index contributed by atoms with van der Waals surface area (Å²) in [6.45, 7) is 1.47. The molecular weight excluding hydrogens is 193 g/mol. The number of methoxy groups -OCH3 is 1. The second-order valence-corrected chi connectivity index (χ2v) is 3.86. The Bertz CT molecular complexity index is 329. The zero-order chi connectivity index (χ0) is 10.7. The smallest absolute Gasteiger partial charge is 0.122 e. The van der Waals surface area contributed by atoms with E-state index >= 15 is 0 Å². The van der Waals surface area contributed by atoms with Crippen LogP contribution in [-0.4, -0.2) is 26.4 Å². The van der Waals surface area contributed by atoms with Crippen molar-refractivity contribution in [1.82, 2.24) is 5.32 Å². The Labute approximate surface area is 89.4 Å².